The number of carbonyl (C=O) groups excluding carboxylic acids is 2. The van der Waals surface area contributed by atoms with E-state index >= 15 is 0 Å². The van der Waals surface area contributed by atoms with Crippen molar-refractivity contribution in [2.45, 2.75) is 18.5 Å². The molecular formula is C13H12N3NaO5S. The monoisotopic (exact) mass is 345 g/mol. The van der Waals surface area contributed by atoms with Gasteiger partial charge in [-0.05, 0) is 11.5 Å². The first kappa shape index (κ1) is 18.2. The molecule has 0 aromatic carbocycles. The van der Waals surface area contributed by atoms with Crippen molar-refractivity contribution in [1.82, 2.24) is 14.5 Å². The number of imidazole rings is 1. The Morgan fingerprint density at radius 1 is 1.52 bits per heavy atom. The van der Waals surface area contributed by atoms with Crippen molar-refractivity contribution >= 4 is 29.7 Å². The summed E-state index contributed by atoms with van der Waals surface area (Å²) in [4.78, 5) is 28.6. The summed E-state index contributed by atoms with van der Waals surface area (Å²) in [5.74, 6) is -0.793. The van der Waals surface area contributed by atoms with Crippen LogP contribution in [0.2, 0.25) is 0 Å². The summed E-state index contributed by atoms with van der Waals surface area (Å²) in [5, 5.41) is 12.1. The van der Waals surface area contributed by atoms with Crippen LogP contribution in [0.25, 0.3) is 6.08 Å². The number of carbonyl (C=O) groups is 2. The van der Waals surface area contributed by atoms with Crippen molar-refractivity contribution in [1.29, 1.82) is 0 Å². The maximum atomic E-state index is 12.1. The third-order valence-corrected chi connectivity index (χ3v) is 4.71. The van der Waals surface area contributed by atoms with E-state index in [1.165, 1.54) is 22.1 Å². The predicted molar refractivity (Wildman–Crippen MR) is 74.8 cm³/mol. The fraction of sp³-hybridized carbons (Fsp3) is 0.308. The molecule has 4 rings (SSSR count). The summed E-state index contributed by atoms with van der Waals surface area (Å²) >= 11 is 1.29. The summed E-state index contributed by atoms with van der Waals surface area (Å²) in [6.07, 6.45) is 3.60. The van der Waals surface area contributed by atoms with Crippen molar-refractivity contribution in [3.05, 3.63) is 34.4 Å². The molecule has 0 spiro atoms. The number of hydrogen-bond donors (Lipinski definition) is 0. The molecule has 3 aliphatic rings. The molecule has 10 heteroatoms. The van der Waals surface area contributed by atoms with Gasteiger partial charge in [0.15, 0.2) is 0 Å². The Bertz CT molecular complexity index is 706. The summed E-state index contributed by atoms with van der Waals surface area (Å²) < 4.78 is 7.33. The molecule has 116 valence electrons. The van der Waals surface area contributed by atoms with Gasteiger partial charge in [0, 0.05) is 12.7 Å². The van der Waals surface area contributed by atoms with Gasteiger partial charge in [0.2, 0.25) is 0 Å². The Balaban J connectivity index is 0.000000960. The molecule has 1 saturated heterocycles. The van der Waals surface area contributed by atoms with Crippen LogP contribution >= 0.6 is 11.8 Å². The first-order valence-electron chi connectivity index (χ1n) is 6.41. The zero-order valence-electron chi connectivity index (χ0n) is 12.3. The van der Waals surface area contributed by atoms with Gasteiger partial charge in [0.25, 0.3) is 5.91 Å². The normalized spacial score (nSPS) is 23.2. The van der Waals surface area contributed by atoms with E-state index in [0.717, 1.165) is 12.4 Å². The molecule has 4 heterocycles. The summed E-state index contributed by atoms with van der Waals surface area (Å²) in [6.45, 7) is 1.88. The third-order valence-electron chi connectivity index (χ3n) is 3.63. The summed E-state index contributed by atoms with van der Waals surface area (Å²) in [5.41, 5.74) is 1.19. The smallest absolute Gasteiger partial charge is 0.543 e. The zero-order valence-corrected chi connectivity index (χ0v) is 15.1. The number of aromatic nitrogens is 2. The molecule has 0 saturated carbocycles. The second-order valence-corrected chi connectivity index (χ2v) is 5.84. The molecule has 1 atom stereocenters. The second kappa shape index (κ2) is 6.80. The number of carboxylic acid groups (broad SMARTS) is 1. The number of thioether (sulfide) groups is 1. The molecule has 1 aromatic heterocycles. The van der Waals surface area contributed by atoms with Crippen LogP contribution in [-0.4, -0.2) is 43.8 Å². The van der Waals surface area contributed by atoms with Gasteiger partial charge in [-0.2, -0.15) is 0 Å². The van der Waals surface area contributed by atoms with E-state index in [9.17, 15) is 14.7 Å². The van der Waals surface area contributed by atoms with Gasteiger partial charge >= 0.3 is 29.6 Å². The fourth-order valence-corrected chi connectivity index (χ4v) is 3.71. The Labute approximate surface area is 157 Å². The van der Waals surface area contributed by atoms with Gasteiger partial charge in [-0.25, -0.2) is 4.98 Å². The van der Waals surface area contributed by atoms with Crippen molar-refractivity contribution in [2.75, 3.05) is 6.61 Å². The van der Waals surface area contributed by atoms with Crippen LogP contribution < -0.4 is 34.7 Å². The first-order chi connectivity index (χ1) is 10.1. The van der Waals surface area contributed by atoms with Crippen LogP contribution in [0.5, 0.6) is 0 Å². The molecule has 8 nitrogen and oxygen atoms in total. The Hall–Kier alpha value is -1.10. The number of amides is 1. The van der Waals surface area contributed by atoms with Crippen molar-refractivity contribution in [2.24, 2.45) is 0 Å². The van der Waals surface area contributed by atoms with E-state index in [-0.39, 0.29) is 52.0 Å². The second-order valence-electron chi connectivity index (χ2n) is 4.88. The number of rotatable bonds is 2. The van der Waals surface area contributed by atoms with Gasteiger partial charge in [-0.15, -0.1) is 11.8 Å². The van der Waals surface area contributed by atoms with Gasteiger partial charge < -0.3 is 24.7 Å². The van der Waals surface area contributed by atoms with Crippen LogP contribution in [-0.2, 0) is 27.5 Å². The van der Waals surface area contributed by atoms with Crippen LogP contribution in [0.15, 0.2) is 22.9 Å². The van der Waals surface area contributed by atoms with E-state index in [1.54, 1.807) is 6.08 Å². The van der Waals surface area contributed by atoms with Gasteiger partial charge in [-0.1, -0.05) is 0 Å². The molecular weight excluding hydrogens is 333 g/mol. The van der Waals surface area contributed by atoms with E-state index in [2.05, 4.69) is 4.98 Å². The van der Waals surface area contributed by atoms with Gasteiger partial charge in [0.1, 0.15) is 17.8 Å². The predicted octanol–water partition coefficient (Wildman–Crippen LogP) is -4.52. The Morgan fingerprint density at radius 3 is 3.00 bits per heavy atom. The number of ether oxygens (including phenoxy) is 1. The molecule has 1 fully saturated rings. The van der Waals surface area contributed by atoms with Crippen molar-refractivity contribution < 1.29 is 54.5 Å². The minimum Gasteiger partial charge on any atom is -0.543 e. The van der Waals surface area contributed by atoms with E-state index in [1.807, 2.05) is 10.8 Å². The maximum absolute atomic E-state index is 12.1. The molecule has 0 aliphatic carbocycles. The first-order valence-corrected chi connectivity index (χ1v) is 7.35. The van der Waals surface area contributed by atoms with Gasteiger partial charge in [-0.3, -0.25) is 9.69 Å². The van der Waals surface area contributed by atoms with Crippen molar-refractivity contribution in [3.63, 3.8) is 0 Å². The quantitative estimate of drug-likeness (QED) is 0.303. The molecule has 23 heavy (non-hydrogen) atoms. The maximum Gasteiger partial charge on any atom is 1.00 e. The number of hydrogen-bond acceptors (Lipinski definition) is 6. The average molecular weight is 345 g/mol. The number of nitrogens with zero attached hydrogens (tertiary/aromatic N) is 3. The average Bonchev–Trinajstić information content (AvgIpc) is 3.05. The summed E-state index contributed by atoms with van der Waals surface area (Å²) in [6, 6.07) is 0. The zero-order chi connectivity index (χ0) is 14.6. The molecule has 0 bridgehead atoms. The number of fused-ring (bicyclic) bond motifs is 2. The van der Waals surface area contributed by atoms with E-state index in [4.69, 9.17) is 4.74 Å². The minimum atomic E-state index is -1.33. The van der Waals surface area contributed by atoms with Crippen LogP contribution in [0.3, 0.4) is 0 Å². The van der Waals surface area contributed by atoms with Gasteiger partial charge in [0.05, 0.1) is 29.5 Å². The Kier molecular flexibility index (Phi) is 5.39. The topological polar surface area (TPSA) is 119 Å². The molecule has 0 unspecified atom stereocenters. The van der Waals surface area contributed by atoms with Crippen molar-refractivity contribution in [3.8, 4) is 0 Å². The third kappa shape index (κ3) is 2.88. The van der Waals surface area contributed by atoms with Crippen LogP contribution in [0.1, 0.15) is 11.5 Å². The summed E-state index contributed by atoms with van der Waals surface area (Å²) in [7, 11) is 0. The SMILES string of the molecule is O.O=C([O-])C1=CS[C@@H]2/C(=C\c3cn4c(n3)COCC4)C(=O)N12.[Na+]. The number of β-lactam (4-membered cyclic amide) rings is 1. The number of carboxylic acids is 1. The largest absolute Gasteiger partial charge is 1.00 e. The van der Waals surface area contributed by atoms with E-state index in [0.29, 0.717) is 24.5 Å². The molecule has 2 N–H and O–H groups in total. The molecule has 3 aliphatic heterocycles. The van der Waals surface area contributed by atoms with Crippen LogP contribution in [0.4, 0.5) is 0 Å². The molecule has 0 radical (unpaired) electrons. The van der Waals surface area contributed by atoms with E-state index < -0.39 is 5.97 Å². The Morgan fingerprint density at radius 2 is 2.30 bits per heavy atom. The molecule has 1 amide bonds. The molecule has 1 aromatic rings. The minimum absolute atomic E-state index is 0. The fourth-order valence-electron chi connectivity index (χ4n) is 2.60. The standard InChI is InChI=1S/C13H11N3O4S.Na.H2O/c17-11-8(12-16(11)9(6-21-12)13(18)19)3-7-4-15-1-2-20-5-10(15)14-7;;/h3-4,6,12H,1-2,5H2,(H,18,19);;1H2/q;+1;/p-1/b8-3-;;/t12-;;/m1../s1. The number of aliphatic carboxylic acids is 1. The van der Waals surface area contributed by atoms with Crippen LogP contribution in [0, 0.1) is 0 Å².